The van der Waals surface area contributed by atoms with Crippen molar-refractivity contribution in [1.29, 1.82) is 0 Å². The Hall–Kier alpha value is -0.480. The number of thiol groups is 1. The second-order valence-electron chi connectivity index (χ2n) is 4.53. The average Bonchev–Trinajstić information content (AvgIpc) is 2.32. The van der Waals surface area contributed by atoms with Crippen LogP contribution in [0.2, 0.25) is 0 Å². The molecule has 1 aromatic carbocycles. The van der Waals surface area contributed by atoms with Gasteiger partial charge in [-0.05, 0) is 47.5 Å². The molecule has 1 N–H and O–H groups in total. The number of amides is 1. The molecule has 18 heavy (non-hydrogen) atoms. The molecule has 1 amide bonds. The lowest BCUT2D eigenvalue weighted by Gasteiger charge is -2.14. The van der Waals surface area contributed by atoms with Crippen molar-refractivity contribution in [3.05, 3.63) is 28.2 Å². The second kappa shape index (κ2) is 7.85. The minimum Gasteiger partial charge on any atom is -0.350 e. The molecule has 0 fully saturated rings. The van der Waals surface area contributed by atoms with Crippen molar-refractivity contribution in [3.8, 4) is 0 Å². The van der Waals surface area contributed by atoms with E-state index < -0.39 is 0 Å². The lowest BCUT2D eigenvalue weighted by molar-refractivity contribution is 0.0937. The maximum Gasteiger partial charge on any atom is 0.252 e. The van der Waals surface area contributed by atoms with Crippen LogP contribution in [0.1, 0.15) is 49.9 Å². The summed E-state index contributed by atoms with van der Waals surface area (Å²) in [5.74, 6) is -0.0400. The molecule has 0 aromatic heterocycles. The highest BCUT2D eigenvalue weighted by Crippen LogP contribution is 2.20. The van der Waals surface area contributed by atoms with Crippen LogP contribution in [-0.2, 0) is 0 Å². The fourth-order valence-corrected chi connectivity index (χ4v) is 2.39. The van der Waals surface area contributed by atoms with Gasteiger partial charge in [0.2, 0.25) is 0 Å². The molecular formula is C14H20BrNOS. The first-order valence-electron chi connectivity index (χ1n) is 6.34. The van der Waals surface area contributed by atoms with Crippen LogP contribution >= 0.6 is 28.6 Å². The van der Waals surface area contributed by atoms with Crippen LogP contribution in [0.15, 0.2) is 27.6 Å². The van der Waals surface area contributed by atoms with Crippen molar-refractivity contribution in [2.75, 3.05) is 0 Å². The number of benzene rings is 1. The van der Waals surface area contributed by atoms with Crippen LogP contribution in [0.4, 0.5) is 0 Å². The third kappa shape index (κ3) is 5.02. The summed E-state index contributed by atoms with van der Waals surface area (Å²) < 4.78 is 0.804. The molecule has 1 rings (SSSR count). The molecule has 0 aliphatic heterocycles. The maximum absolute atomic E-state index is 12.1. The number of hydrogen-bond donors (Lipinski definition) is 2. The van der Waals surface area contributed by atoms with Crippen molar-refractivity contribution >= 4 is 34.5 Å². The standard InChI is InChI=1S/C14H20BrNOS/c1-3-4-5-6-10(2)16-14(17)12-9-11(18)7-8-13(12)15/h7-10,18H,3-6H2,1-2H3,(H,16,17). The molecule has 2 nitrogen and oxygen atoms in total. The fraction of sp³-hybridized carbons (Fsp3) is 0.500. The molecule has 0 radical (unpaired) electrons. The summed E-state index contributed by atoms with van der Waals surface area (Å²) in [5.41, 5.74) is 0.643. The number of carbonyl (C=O) groups excluding carboxylic acids is 1. The summed E-state index contributed by atoms with van der Waals surface area (Å²) in [6, 6.07) is 5.69. The van der Waals surface area contributed by atoms with Gasteiger partial charge in [0.1, 0.15) is 0 Å². The highest BCUT2D eigenvalue weighted by molar-refractivity contribution is 9.10. The van der Waals surface area contributed by atoms with Crippen molar-refractivity contribution in [3.63, 3.8) is 0 Å². The Bertz CT molecular complexity index is 409. The van der Waals surface area contributed by atoms with E-state index in [0.29, 0.717) is 5.56 Å². The Balaban J connectivity index is 2.56. The van der Waals surface area contributed by atoms with Crippen LogP contribution in [0.5, 0.6) is 0 Å². The lowest BCUT2D eigenvalue weighted by atomic mass is 10.1. The van der Waals surface area contributed by atoms with E-state index in [2.05, 4.69) is 40.8 Å². The highest BCUT2D eigenvalue weighted by Gasteiger charge is 2.12. The molecular weight excluding hydrogens is 310 g/mol. The van der Waals surface area contributed by atoms with Crippen LogP contribution < -0.4 is 5.32 Å². The molecule has 1 unspecified atom stereocenters. The lowest BCUT2D eigenvalue weighted by Crippen LogP contribution is -2.32. The van der Waals surface area contributed by atoms with Gasteiger partial charge >= 0.3 is 0 Å². The Kier molecular flexibility index (Phi) is 6.79. The minimum atomic E-state index is -0.0400. The van der Waals surface area contributed by atoms with Gasteiger partial charge < -0.3 is 5.32 Å². The zero-order valence-electron chi connectivity index (χ0n) is 10.9. The quantitative estimate of drug-likeness (QED) is 0.586. The van der Waals surface area contributed by atoms with Gasteiger partial charge in [-0.3, -0.25) is 4.79 Å². The van der Waals surface area contributed by atoms with Gasteiger partial charge in [0.15, 0.2) is 0 Å². The number of rotatable bonds is 6. The first kappa shape index (κ1) is 15.6. The van der Waals surface area contributed by atoms with E-state index >= 15 is 0 Å². The van der Waals surface area contributed by atoms with Crippen LogP contribution in [0.3, 0.4) is 0 Å². The minimum absolute atomic E-state index is 0.0400. The summed E-state index contributed by atoms with van der Waals surface area (Å²) in [6.07, 6.45) is 4.60. The van der Waals surface area contributed by atoms with E-state index in [0.717, 1.165) is 22.2 Å². The van der Waals surface area contributed by atoms with Gasteiger partial charge in [-0.1, -0.05) is 26.2 Å². The van der Waals surface area contributed by atoms with Gasteiger partial charge in [-0.25, -0.2) is 0 Å². The summed E-state index contributed by atoms with van der Waals surface area (Å²) in [7, 11) is 0. The van der Waals surface area contributed by atoms with E-state index in [1.54, 1.807) is 6.07 Å². The zero-order chi connectivity index (χ0) is 13.5. The number of halogens is 1. The molecule has 0 aliphatic rings. The first-order valence-corrected chi connectivity index (χ1v) is 7.58. The predicted octanol–water partition coefficient (Wildman–Crippen LogP) is 4.44. The average molecular weight is 330 g/mol. The van der Waals surface area contributed by atoms with Crippen molar-refractivity contribution in [2.24, 2.45) is 0 Å². The normalized spacial score (nSPS) is 12.2. The van der Waals surface area contributed by atoms with Gasteiger partial charge in [0, 0.05) is 15.4 Å². The molecule has 0 saturated carbocycles. The molecule has 1 aromatic rings. The topological polar surface area (TPSA) is 29.1 Å². The van der Waals surface area contributed by atoms with E-state index in [4.69, 9.17) is 0 Å². The van der Waals surface area contributed by atoms with E-state index in [1.807, 2.05) is 19.1 Å². The highest BCUT2D eigenvalue weighted by atomic mass is 79.9. The summed E-state index contributed by atoms with van der Waals surface area (Å²) in [6.45, 7) is 4.23. The Morgan fingerprint density at radius 2 is 2.17 bits per heavy atom. The maximum atomic E-state index is 12.1. The van der Waals surface area contributed by atoms with Crippen molar-refractivity contribution < 1.29 is 4.79 Å². The fourth-order valence-electron chi connectivity index (χ4n) is 1.76. The molecule has 0 heterocycles. The summed E-state index contributed by atoms with van der Waals surface area (Å²) in [4.78, 5) is 12.9. The SMILES string of the molecule is CCCCCC(C)NC(=O)c1cc(S)ccc1Br. The smallest absolute Gasteiger partial charge is 0.252 e. The van der Waals surface area contributed by atoms with Gasteiger partial charge in [0.25, 0.3) is 5.91 Å². The Labute approximate surface area is 123 Å². The van der Waals surface area contributed by atoms with Gasteiger partial charge in [-0.2, -0.15) is 0 Å². The monoisotopic (exact) mass is 329 g/mol. The second-order valence-corrected chi connectivity index (χ2v) is 5.91. The Morgan fingerprint density at radius 1 is 1.44 bits per heavy atom. The van der Waals surface area contributed by atoms with Gasteiger partial charge in [-0.15, -0.1) is 12.6 Å². The number of unbranched alkanes of at least 4 members (excludes halogenated alkanes) is 2. The van der Waals surface area contributed by atoms with Gasteiger partial charge in [0.05, 0.1) is 5.56 Å². The number of nitrogens with one attached hydrogen (secondary N) is 1. The van der Waals surface area contributed by atoms with Crippen molar-refractivity contribution in [1.82, 2.24) is 5.32 Å². The zero-order valence-corrected chi connectivity index (χ0v) is 13.4. The largest absolute Gasteiger partial charge is 0.350 e. The van der Waals surface area contributed by atoms with Crippen LogP contribution in [-0.4, -0.2) is 11.9 Å². The van der Waals surface area contributed by atoms with Crippen molar-refractivity contribution in [2.45, 2.75) is 50.5 Å². The summed E-state index contributed by atoms with van der Waals surface area (Å²) >= 11 is 7.64. The first-order chi connectivity index (χ1) is 8.54. The van der Waals surface area contributed by atoms with E-state index in [-0.39, 0.29) is 11.9 Å². The van der Waals surface area contributed by atoms with E-state index in [9.17, 15) is 4.79 Å². The van der Waals surface area contributed by atoms with E-state index in [1.165, 1.54) is 12.8 Å². The number of hydrogen-bond acceptors (Lipinski definition) is 2. The summed E-state index contributed by atoms with van der Waals surface area (Å²) in [5, 5.41) is 3.02. The predicted molar refractivity (Wildman–Crippen MR) is 82.5 cm³/mol. The molecule has 0 saturated heterocycles. The molecule has 0 bridgehead atoms. The number of carbonyl (C=O) groups is 1. The molecule has 4 heteroatoms. The van der Waals surface area contributed by atoms with Crippen LogP contribution in [0.25, 0.3) is 0 Å². The third-order valence-electron chi connectivity index (χ3n) is 2.81. The molecule has 0 aliphatic carbocycles. The van der Waals surface area contributed by atoms with Crippen LogP contribution in [0, 0.1) is 0 Å². The molecule has 0 spiro atoms. The molecule has 100 valence electrons. The molecule has 1 atom stereocenters. The Morgan fingerprint density at radius 3 is 2.83 bits per heavy atom. The third-order valence-corrected chi connectivity index (χ3v) is 3.78.